The summed E-state index contributed by atoms with van der Waals surface area (Å²) >= 11 is 0. The minimum atomic E-state index is -3.47. The molecule has 1 atom stereocenters. The molecular weight excluding hydrogens is 334 g/mol. The number of nitrogens with zero attached hydrogens (tertiary/aromatic N) is 1. The second kappa shape index (κ2) is 5.31. The van der Waals surface area contributed by atoms with Gasteiger partial charge in [-0.1, -0.05) is 12.1 Å². The van der Waals surface area contributed by atoms with Crippen molar-refractivity contribution in [2.24, 2.45) is 11.5 Å². The minimum absolute atomic E-state index is 0.0540. The van der Waals surface area contributed by atoms with E-state index in [4.69, 9.17) is 11.5 Å². The summed E-state index contributed by atoms with van der Waals surface area (Å²) in [6.07, 6.45) is 1.33. The maximum atomic E-state index is 12.7. The lowest BCUT2D eigenvalue weighted by Gasteiger charge is -2.18. The van der Waals surface area contributed by atoms with Crippen molar-refractivity contribution in [1.29, 1.82) is 0 Å². The SMILES string of the molecule is NC(=O)c1cc2cccc(C(N)=O)c2n(C2C=CS(=O)(=O)C2)c1=O. The van der Waals surface area contributed by atoms with Crippen LogP contribution in [-0.2, 0) is 9.84 Å². The summed E-state index contributed by atoms with van der Waals surface area (Å²) in [7, 11) is -3.47. The van der Waals surface area contributed by atoms with Crippen LogP contribution in [0.3, 0.4) is 0 Å². The lowest BCUT2D eigenvalue weighted by atomic mass is 10.1. The molecule has 0 spiro atoms. The van der Waals surface area contributed by atoms with E-state index in [1.165, 1.54) is 18.2 Å². The van der Waals surface area contributed by atoms with Gasteiger partial charge in [-0.15, -0.1) is 0 Å². The van der Waals surface area contributed by atoms with Gasteiger partial charge in [0.05, 0.1) is 22.9 Å². The third kappa shape index (κ3) is 2.48. The Kier molecular flexibility index (Phi) is 3.52. The zero-order valence-electron chi connectivity index (χ0n) is 12.3. The van der Waals surface area contributed by atoms with Gasteiger partial charge in [0.25, 0.3) is 17.4 Å². The van der Waals surface area contributed by atoms with Crippen molar-refractivity contribution >= 4 is 32.6 Å². The van der Waals surface area contributed by atoms with Crippen LogP contribution in [-0.4, -0.2) is 30.6 Å². The van der Waals surface area contributed by atoms with Gasteiger partial charge < -0.3 is 11.5 Å². The minimum Gasteiger partial charge on any atom is -0.366 e. The molecule has 124 valence electrons. The van der Waals surface area contributed by atoms with Crippen molar-refractivity contribution in [3.63, 3.8) is 0 Å². The van der Waals surface area contributed by atoms with Crippen molar-refractivity contribution in [2.75, 3.05) is 5.75 Å². The zero-order valence-corrected chi connectivity index (χ0v) is 13.1. The number of sulfone groups is 1. The fraction of sp³-hybridized carbons (Fsp3) is 0.133. The first-order valence-electron chi connectivity index (χ1n) is 6.90. The number of amides is 2. The molecule has 1 aliphatic heterocycles. The summed E-state index contributed by atoms with van der Waals surface area (Å²) in [4.78, 5) is 36.0. The molecule has 2 amide bonds. The van der Waals surface area contributed by atoms with E-state index in [0.717, 1.165) is 9.98 Å². The van der Waals surface area contributed by atoms with E-state index in [0.29, 0.717) is 5.39 Å². The van der Waals surface area contributed by atoms with Gasteiger partial charge in [-0.05, 0) is 18.2 Å². The fourth-order valence-electron chi connectivity index (χ4n) is 2.81. The molecule has 24 heavy (non-hydrogen) atoms. The number of primary amides is 2. The fourth-order valence-corrected chi connectivity index (χ4v) is 4.08. The molecule has 2 aromatic rings. The highest BCUT2D eigenvalue weighted by Gasteiger charge is 2.28. The van der Waals surface area contributed by atoms with E-state index in [1.807, 2.05) is 0 Å². The largest absolute Gasteiger partial charge is 0.366 e. The van der Waals surface area contributed by atoms with Gasteiger partial charge in [0, 0.05) is 10.8 Å². The molecule has 0 radical (unpaired) electrons. The van der Waals surface area contributed by atoms with Gasteiger partial charge >= 0.3 is 0 Å². The number of nitrogens with two attached hydrogens (primary N) is 2. The van der Waals surface area contributed by atoms with Crippen molar-refractivity contribution in [3.8, 4) is 0 Å². The monoisotopic (exact) mass is 347 g/mol. The molecule has 0 aliphatic carbocycles. The molecule has 1 aromatic carbocycles. The number of rotatable bonds is 3. The Morgan fingerprint density at radius 1 is 1.12 bits per heavy atom. The van der Waals surface area contributed by atoms with E-state index >= 15 is 0 Å². The lowest BCUT2D eigenvalue weighted by Crippen LogP contribution is -2.33. The zero-order chi connectivity index (χ0) is 17.6. The first-order chi connectivity index (χ1) is 11.2. The van der Waals surface area contributed by atoms with Crippen LogP contribution in [0.15, 0.2) is 40.5 Å². The van der Waals surface area contributed by atoms with Gasteiger partial charge in [0.2, 0.25) is 0 Å². The molecule has 0 saturated carbocycles. The van der Waals surface area contributed by atoms with Crippen molar-refractivity contribution in [3.05, 3.63) is 57.2 Å². The van der Waals surface area contributed by atoms with Gasteiger partial charge in [0.15, 0.2) is 9.84 Å². The number of fused-ring (bicyclic) bond motifs is 1. The number of carbonyl (C=O) groups is 2. The summed E-state index contributed by atoms with van der Waals surface area (Å²) < 4.78 is 24.5. The van der Waals surface area contributed by atoms with Crippen LogP contribution in [0, 0.1) is 0 Å². The number of para-hydroxylation sites is 1. The Bertz CT molecular complexity index is 1080. The van der Waals surface area contributed by atoms with Crippen molar-refractivity contribution in [2.45, 2.75) is 6.04 Å². The van der Waals surface area contributed by atoms with Crippen LogP contribution in [0.25, 0.3) is 10.9 Å². The Balaban J connectivity index is 2.46. The van der Waals surface area contributed by atoms with Crippen molar-refractivity contribution in [1.82, 2.24) is 4.57 Å². The molecule has 1 aliphatic rings. The maximum absolute atomic E-state index is 12.7. The number of pyridine rings is 1. The van der Waals surface area contributed by atoms with E-state index in [1.54, 1.807) is 12.1 Å². The molecule has 2 heterocycles. The van der Waals surface area contributed by atoms with Crippen LogP contribution in [0.1, 0.15) is 26.8 Å². The number of aromatic nitrogens is 1. The van der Waals surface area contributed by atoms with Gasteiger partial charge in [-0.2, -0.15) is 0 Å². The number of carbonyl (C=O) groups excluding carboxylic acids is 2. The lowest BCUT2D eigenvalue weighted by molar-refractivity contribution is 0.0992. The summed E-state index contributed by atoms with van der Waals surface area (Å²) in [6.45, 7) is 0. The predicted molar refractivity (Wildman–Crippen MR) is 87.2 cm³/mol. The third-order valence-corrected chi connectivity index (χ3v) is 5.21. The van der Waals surface area contributed by atoms with E-state index in [-0.39, 0.29) is 22.4 Å². The Morgan fingerprint density at radius 2 is 1.79 bits per heavy atom. The third-order valence-electron chi connectivity index (χ3n) is 3.83. The second-order valence-corrected chi connectivity index (χ2v) is 7.36. The first kappa shape index (κ1) is 15.9. The molecule has 1 aromatic heterocycles. The highest BCUT2D eigenvalue weighted by molar-refractivity contribution is 7.94. The van der Waals surface area contributed by atoms with E-state index in [9.17, 15) is 22.8 Å². The number of allylic oxidation sites excluding steroid dienone is 1. The average Bonchev–Trinajstić information content (AvgIpc) is 2.85. The molecule has 0 saturated heterocycles. The maximum Gasteiger partial charge on any atom is 0.264 e. The highest BCUT2D eigenvalue weighted by atomic mass is 32.2. The van der Waals surface area contributed by atoms with Crippen LogP contribution in [0.4, 0.5) is 0 Å². The molecule has 9 heteroatoms. The van der Waals surface area contributed by atoms with Gasteiger partial charge in [0.1, 0.15) is 5.56 Å². The molecule has 4 N–H and O–H groups in total. The van der Waals surface area contributed by atoms with Crippen LogP contribution in [0.2, 0.25) is 0 Å². The van der Waals surface area contributed by atoms with Crippen LogP contribution in [0.5, 0.6) is 0 Å². The molecule has 8 nitrogen and oxygen atoms in total. The van der Waals surface area contributed by atoms with E-state index < -0.39 is 33.3 Å². The normalized spacial score (nSPS) is 18.8. The van der Waals surface area contributed by atoms with Crippen LogP contribution >= 0.6 is 0 Å². The molecule has 0 bridgehead atoms. The quantitative estimate of drug-likeness (QED) is 0.782. The summed E-state index contributed by atoms with van der Waals surface area (Å²) in [5.41, 5.74) is 9.78. The molecule has 1 unspecified atom stereocenters. The standard InChI is InChI=1S/C15H13N3O5S/c16-13(19)10-3-1-2-8-6-11(14(17)20)15(21)18(12(8)10)9-4-5-24(22,23)7-9/h1-6,9H,7H2,(H2,16,19)(H2,17,20). The summed E-state index contributed by atoms with van der Waals surface area (Å²) in [6, 6.07) is 4.97. The van der Waals surface area contributed by atoms with Crippen molar-refractivity contribution < 1.29 is 18.0 Å². The van der Waals surface area contributed by atoms with Gasteiger partial charge in [-0.25, -0.2) is 8.42 Å². The number of benzene rings is 1. The Morgan fingerprint density at radius 3 is 2.33 bits per heavy atom. The number of hydrogen-bond donors (Lipinski definition) is 2. The van der Waals surface area contributed by atoms with E-state index in [2.05, 4.69) is 0 Å². The molecule has 0 fully saturated rings. The second-order valence-electron chi connectivity index (χ2n) is 5.43. The average molecular weight is 347 g/mol. The Hall–Kier alpha value is -2.94. The first-order valence-corrected chi connectivity index (χ1v) is 8.61. The summed E-state index contributed by atoms with van der Waals surface area (Å²) in [5, 5.41) is 1.39. The molecule has 3 rings (SSSR count). The topological polar surface area (TPSA) is 142 Å². The smallest absolute Gasteiger partial charge is 0.264 e. The number of hydrogen-bond acceptors (Lipinski definition) is 5. The van der Waals surface area contributed by atoms with Crippen LogP contribution < -0.4 is 17.0 Å². The highest BCUT2D eigenvalue weighted by Crippen LogP contribution is 2.26. The molecular formula is C15H13N3O5S. The van der Waals surface area contributed by atoms with Gasteiger partial charge in [-0.3, -0.25) is 19.0 Å². The predicted octanol–water partition coefficient (Wildman–Crippen LogP) is -0.318. The summed E-state index contributed by atoms with van der Waals surface area (Å²) in [5.74, 6) is -2.06. The Labute approximate surface area is 136 Å².